The second-order valence-electron chi connectivity index (χ2n) is 9.95. The van der Waals surface area contributed by atoms with Gasteiger partial charge in [0.2, 0.25) is 11.8 Å². The van der Waals surface area contributed by atoms with Gasteiger partial charge in [0.25, 0.3) is 0 Å². The number of benzene rings is 1. The van der Waals surface area contributed by atoms with Crippen LogP contribution < -0.4 is 11.0 Å². The number of rotatable bonds is 6. The molecule has 1 aromatic carbocycles. The Morgan fingerprint density at radius 1 is 1.18 bits per heavy atom. The van der Waals surface area contributed by atoms with Gasteiger partial charge in [-0.05, 0) is 51.7 Å². The Morgan fingerprint density at radius 3 is 2.59 bits per heavy atom. The van der Waals surface area contributed by atoms with E-state index < -0.39 is 17.6 Å². The maximum atomic E-state index is 13.0. The number of imide groups is 1. The fraction of sp³-hybridized carbons (Fsp3) is 0.583. The smallest absolute Gasteiger partial charge is 0.410 e. The molecule has 1 unspecified atom stereocenters. The number of piperidine rings is 1. The van der Waals surface area contributed by atoms with E-state index in [4.69, 9.17) is 9.47 Å². The maximum Gasteiger partial charge on any atom is 0.410 e. The van der Waals surface area contributed by atoms with Gasteiger partial charge in [-0.25, -0.2) is 9.59 Å². The molecule has 0 bridgehead atoms. The lowest BCUT2D eigenvalue weighted by molar-refractivity contribution is -0.135. The zero-order chi connectivity index (χ0) is 24.6. The van der Waals surface area contributed by atoms with Gasteiger partial charge in [-0.2, -0.15) is 0 Å². The van der Waals surface area contributed by atoms with Crippen molar-refractivity contribution in [2.75, 3.05) is 19.7 Å². The van der Waals surface area contributed by atoms with E-state index in [1.807, 2.05) is 39.0 Å². The predicted molar refractivity (Wildman–Crippen MR) is 124 cm³/mol. The van der Waals surface area contributed by atoms with E-state index in [0.29, 0.717) is 38.1 Å². The van der Waals surface area contributed by atoms with E-state index in [0.717, 1.165) is 17.5 Å². The number of carbonyl (C=O) groups is 3. The highest BCUT2D eigenvalue weighted by Crippen LogP contribution is 2.26. The summed E-state index contributed by atoms with van der Waals surface area (Å²) in [6.07, 6.45) is 1.65. The van der Waals surface area contributed by atoms with E-state index in [1.54, 1.807) is 16.5 Å². The van der Waals surface area contributed by atoms with Crippen LogP contribution in [0.2, 0.25) is 0 Å². The van der Waals surface area contributed by atoms with Crippen LogP contribution in [0.1, 0.15) is 51.6 Å². The van der Waals surface area contributed by atoms with E-state index in [1.165, 1.54) is 4.57 Å². The summed E-state index contributed by atoms with van der Waals surface area (Å²) in [4.78, 5) is 50.6. The summed E-state index contributed by atoms with van der Waals surface area (Å²) >= 11 is 0. The molecule has 3 amide bonds. The van der Waals surface area contributed by atoms with Gasteiger partial charge >= 0.3 is 11.8 Å². The highest BCUT2D eigenvalue weighted by atomic mass is 16.6. The van der Waals surface area contributed by atoms with Crippen LogP contribution in [0, 0.1) is 0 Å². The van der Waals surface area contributed by atoms with Crippen LogP contribution in [0.3, 0.4) is 0 Å². The average Bonchev–Trinajstić information content (AvgIpc) is 2.96. The molecular weight excluding hydrogens is 440 g/mol. The minimum absolute atomic E-state index is 0.00118. The van der Waals surface area contributed by atoms with Crippen molar-refractivity contribution in [1.82, 2.24) is 19.4 Å². The number of fused-ring (bicyclic) bond motifs is 1. The van der Waals surface area contributed by atoms with Crippen molar-refractivity contribution in [3.8, 4) is 0 Å². The Balaban J connectivity index is 1.36. The number of imidazole rings is 1. The van der Waals surface area contributed by atoms with Crippen molar-refractivity contribution in [2.45, 2.75) is 64.2 Å². The molecule has 0 spiro atoms. The Morgan fingerprint density at radius 2 is 1.91 bits per heavy atom. The van der Waals surface area contributed by atoms with Crippen molar-refractivity contribution in [1.29, 1.82) is 0 Å². The Kier molecular flexibility index (Phi) is 6.53. The van der Waals surface area contributed by atoms with E-state index in [2.05, 4.69) is 5.32 Å². The van der Waals surface area contributed by atoms with Crippen molar-refractivity contribution in [3.63, 3.8) is 0 Å². The Bertz CT molecular complexity index is 1170. The maximum absolute atomic E-state index is 13.0. The molecule has 1 aromatic heterocycles. The molecule has 184 valence electrons. The molecule has 10 heteroatoms. The van der Waals surface area contributed by atoms with Crippen molar-refractivity contribution < 1.29 is 23.9 Å². The Hall–Kier alpha value is -3.14. The standard InChI is InChI=1S/C24H32N4O6/c1-24(2,3)34-23(32)27-13-16(14-27)33-12-6-8-15-7-5-9-17-20(15)26(4)22(31)28(17)18-10-11-19(29)25-21(18)30/h5,7,9,16,18H,6,8,10-14H2,1-4H3,(H,25,29,30). The van der Waals surface area contributed by atoms with Crippen molar-refractivity contribution in [2.24, 2.45) is 7.05 Å². The van der Waals surface area contributed by atoms with Crippen LogP contribution in [0.15, 0.2) is 23.0 Å². The van der Waals surface area contributed by atoms with Crippen LogP contribution in [0.25, 0.3) is 11.0 Å². The van der Waals surface area contributed by atoms with E-state index >= 15 is 0 Å². The zero-order valence-corrected chi connectivity index (χ0v) is 20.1. The van der Waals surface area contributed by atoms with Gasteiger partial charge in [-0.1, -0.05) is 12.1 Å². The second-order valence-corrected chi connectivity index (χ2v) is 9.95. The van der Waals surface area contributed by atoms with Crippen LogP contribution in [-0.4, -0.2) is 63.3 Å². The number of para-hydroxylation sites is 1. The van der Waals surface area contributed by atoms with Crippen LogP contribution in [0.4, 0.5) is 4.79 Å². The average molecular weight is 473 g/mol. The SMILES string of the molecule is Cn1c(=O)n(C2CCC(=O)NC2=O)c2cccc(CCCOC3CN(C(=O)OC(C)(C)C)C3)c21. The Labute approximate surface area is 197 Å². The molecule has 2 aromatic rings. The third-order valence-electron chi connectivity index (χ3n) is 6.15. The number of ether oxygens (including phenoxy) is 2. The molecule has 10 nitrogen and oxygen atoms in total. The molecule has 0 radical (unpaired) electrons. The van der Waals surface area contributed by atoms with E-state index in [-0.39, 0.29) is 30.2 Å². The molecule has 1 N–H and O–H groups in total. The largest absolute Gasteiger partial charge is 0.444 e. The highest BCUT2D eigenvalue weighted by Gasteiger charge is 2.34. The molecule has 4 rings (SSSR count). The van der Waals surface area contributed by atoms with Gasteiger partial charge in [0.1, 0.15) is 11.6 Å². The zero-order valence-electron chi connectivity index (χ0n) is 20.1. The van der Waals surface area contributed by atoms with Gasteiger partial charge in [0, 0.05) is 20.1 Å². The summed E-state index contributed by atoms with van der Waals surface area (Å²) in [5.41, 5.74) is 1.69. The minimum Gasteiger partial charge on any atom is -0.444 e. The lowest BCUT2D eigenvalue weighted by Crippen LogP contribution is -2.55. The number of aromatic nitrogens is 2. The summed E-state index contributed by atoms with van der Waals surface area (Å²) in [7, 11) is 1.70. The molecule has 0 aliphatic carbocycles. The first-order valence-electron chi connectivity index (χ1n) is 11.7. The second kappa shape index (κ2) is 9.25. The first-order valence-corrected chi connectivity index (χ1v) is 11.7. The molecule has 0 saturated carbocycles. The van der Waals surface area contributed by atoms with Gasteiger partial charge in [0.05, 0.1) is 30.2 Å². The molecular formula is C24H32N4O6. The summed E-state index contributed by atoms with van der Waals surface area (Å²) in [5.74, 6) is -0.749. The fourth-order valence-electron chi connectivity index (χ4n) is 4.48. The number of hydrogen-bond acceptors (Lipinski definition) is 6. The van der Waals surface area contributed by atoms with Crippen LogP contribution in [-0.2, 0) is 32.5 Å². The lowest BCUT2D eigenvalue weighted by Gasteiger charge is -2.39. The minimum atomic E-state index is -0.695. The number of aryl methyl sites for hydroxylation is 2. The van der Waals surface area contributed by atoms with Gasteiger partial charge in [-0.15, -0.1) is 0 Å². The fourth-order valence-corrected chi connectivity index (χ4v) is 4.48. The summed E-state index contributed by atoms with van der Waals surface area (Å²) in [6, 6.07) is 4.99. The van der Waals surface area contributed by atoms with Crippen molar-refractivity contribution in [3.05, 3.63) is 34.2 Å². The number of likely N-dealkylation sites (tertiary alicyclic amines) is 1. The predicted octanol–water partition coefficient (Wildman–Crippen LogP) is 1.89. The van der Waals surface area contributed by atoms with Crippen LogP contribution in [0.5, 0.6) is 0 Å². The number of nitrogens with one attached hydrogen (secondary N) is 1. The molecule has 2 saturated heterocycles. The molecule has 3 heterocycles. The normalized spacial score (nSPS) is 19.3. The first-order chi connectivity index (χ1) is 16.0. The molecule has 2 aliphatic rings. The van der Waals surface area contributed by atoms with E-state index in [9.17, 15) is 19.2 Å². The lowest BCUT2D eigenvalue weighted by atomic mass is 10.0. The van der Waals surface area contributed by atoms with Gasteiger partial charge in [-0.3, -0.25) is 24.0 Å². The van der Waals surface area contributed by atoms with Crippen molar-refractivity contribution >= 4 is 28.9 Å². The quantitative estimate of drug-likeness (QED) is 0.508. The number of hydrogen-bond donors (Lipinski definition) is 1. The monoisotopic (exact) mass is 472 g/mol. The highest BCUT2D eigenvalue weighted by molar-refractivity contribution is 6.00. The third kappa shape index (κ3) is 4.86. The first kappa shape index (κ1) is 24.0. The summed E-state index contributed by atoms with van der Waals surface area (Å²) < 4.78 is 14.3. The number of amides is 3. The molecule has 2 fully saturated rings. The topological polar surface area (TPSA) is 112 Å². The summed E-state index contributed by atoms with van der Waals surface area (Å²) in [5, 5.41) is 2.33. The number of nitrogens with zero attached hydrogens (tertiary/aromatic N) is 3. The molecule has 34 heavy (non-hydrogen) atoms. The third-order valence-corrected chi connectivity index (χ3v) is 6.15. The van der Waals surface area contributed by atoms with Gasteiger partial charge < -0.3 is 14.4 Å². The molecule has 2 aliphatic heterocycles. The van der Waals surface area contributed by atoms with Gasteiger partial charge in [0.15, 0.2) is 0 Å². The summed E-state index contributed by atoms with van der Waals surface area (Å²) in [6.45, 7) is 7.10. The number of carbonyl (C=O) groups excluding carboxylic acids is 3. The molecule has 1 atom stereocenters. The van der Waals surface area contributed by atoms with Crippen LogP contribution >= 0.6 is 0 Å².